The number of aromatic nitrogens is 2. The Bertz CT molecular complexity index is 1190. The van der Waals surface area contributed by atoms with E-state index in [1.807, 2.05) is 0 Å². The topological polar surface area (TPSA) is 144 Å². The minimum absolute atomic E-state index is 0.0100. The zero-order valence-electron chi connectivity index (χ0n) is 18.7. The summed E-state index contributed by atoms with van der Waals surface area (Å²) in [6.07, 6.45) is -0.396. The molecule has 0 aliphatic rings. The number of halogens is 1. The Morgan fingerprint density at radius 3 is 2.50 bits per heavy atom. The van der Waals surface area contributed by atoms with Crippen molar-refractivity contribution in [3.8, 4) is 22.8 Å². The van der Waals surface area contributed by atoms with Gasteiger partial charge >= 0.3 is 12.1 Å². The molecular formula is C23H23FN4O6. The van der Waals surface area contributed by atoms with Crippen LogP contribution in [0.4, 0.5) is 14.9 Å². The first kappa shape index (κ1) is 24.4. The minimum Gasteiger partial charge on any atom is -0.480 e. The number of aliphatic carboxylic acids is 1. The first-order valence-electron chi connectivity index (χ1n) is 10.2. The highest BCUT2D eigenvalue weighted by Gasteiger charge is 2.20. The lowest BCUT2D eigenvalue weighted by Gasteiger charge is -2.19. The van der Waals surface area contributed by atoms with Crippen LogP contribution in [0.1, 0.15) is 26.3 Å². The van der Waals surface area contributed by atoms with Crippen LogP contribution in [-0.4, -0.2) is 45.4 Å². The molecule has 0 aliphatic heterocycles. The van der Waals surface area contributed by atoms with E-state index in [4.69, 9.17) is 14.4 Å². The van der Waals surface area contributed by atoms with Crippen molar-refractivity contribution < 1.29 is 33.1 Å². The van der Waals surface area contributed by atoms with Gasteiger partial charge in [-0.05, 0) is 62.7 Å². The number of hydrogen-bond donors (Lipinski definition) is 3. The van der Waals surface area contributed by atoms with Crippen LogP contribution in [0, 0.1) is 5.82 Å². The summed E-state index contributed by atoms with van der Waals surface area (Å²) in [7, 11) is 0. The predicted octanol–water partition coefficient (Wildman–Crippen LogP) is 3.63. The molecule has 3 N–H and O–H groups in total. The summed E-state index contributed by atoms with van der Waals surface area (Å²) in [4.78, 5) is 37.8. The van der Waals surface area contributed by atoms with Gasteiger partial charge < -0.3 is 19.7 Å². The van der Waals surface area contributed by atoms with Crippen molar-refractivity contribution >= 4 is 24.2 Å². The van der Waals surface area contributed by atoms with Gasteiger partial charge in [0.25, 0.3) is 5.89 Å². The molecule has 3 rings (SSSR count). The molecule has 2 aromatic carbocycles. The zero-order valence-corrected chi connectivity index (χ0v) is 18.7. The second kappa shape index (κ2) is 10.1. The van der Waals surface area contributed by atoms with E-state index in [2.05, 4.69) is 20.8 Å². The van der Waals surface area contributed by atoms with Gasteiger partial charge in [0.05, 0.1) is 5.56 Å². The average molecular weight is 470 g/mol. The molecule has 0 fully saturated rings. The van der Waals surface area contributed by atoms with Gasteiger partial charge in [-0.1, -0.05) is 11.2 Å². The Kier molecular flexibility index (Phi) is 7.24. The molecule has 0 aliphatic carbocycles. The normalized spacial score (nSPS) is 12.0. The monoisotopic (exact) mass is 470 g/mol. The fourth-order valence-electron chi connectivity index (χ4n) is 2.97. The largest absolute Gasteiger partial charge is 0.480 e. The Morgan fingerprint density at radius 2 is 1.91 bits per heavy atom. The van der Waals surface area contributed by atoms with E-state index >= 15 is 0 Å². The molecule has 0 spiro atoms. The van der Waals surface area contributed by atoms with Gasteiger partial charge in [0.1, 0.15) is 17.5 Å². The van der Waals surface area contributed by atoms with E-state index < -0.39 is 29.5 Å². The first-order chi connectivity index (χ1) is 16.1. The Labute approximate surface area is 194 Å². The molecule has 1 atom stereocenters. The molecule has 178 valence electrons. The van der Waals surface area contributed by atoms with Crippen molar-refractivity contribution in [2.75, 3.05) is 5.32 Å². The Balaban J connectivity index is 1.72. The van der Waals surface area contributed by atoms with Gasteiger partial charge in [-0.2, -0.15) is 4.98 Å². The maximum absolute atomic E-state index is 14.7. The van der Waals surface area contributed by atoms with Crippen molar-refractivity contribution in [1.29, 1.82) is 0 Å². The van der Waals surface area contributed by atoms with Crippen LogP contribution < -0.4 is 10.6 Å². The number of anilines is 1. The lowest BCUT2D eigenvalue weighted by molar-refractivity contribution is -0.140. The molecule has 0 saturated heterocycles. The van der Waals surface area contributed by atoms with Gasteiger partial charge in [-0.15, -0.1) is 0 Å². The van der Waals surface area contributed by atoms with Crippen LogP contribution >= 0.6 is 0 Å². The number of carboxylic acid groups (broad SMARTS) is 1. The number of nitrogens with one attached hydrogen (secondary N) is 2. The number of benzene rings is 2. The Morgan fingerprint density at radius 1 is 1.21 bits per heavy atom. The molecule has 1 heterocycles. The number of carbonyl (C=O) groups excluding carboxylic acids is 2. The van der Waals surface area contributed by atoms with Gasteiger partial charge in [0, 0.05) is 17.7 Å². The van der Waals surface area contributed by atoms with E-state index in [0.29, 0.717) is 16.8 Å². The fraction of sp³-hybridized carbons (Fsp3) is 0.261. The van der Waals surface area contributed by atoms with Crippen molar-refractivity contribution in [2.45, 2.75) is 38.8 Å². The number of nitrogens with zero attached hydrogens (tertiary/aromatic N) is 2. The SMILES string of the molecule is CC(C)(C)OC(=O)Nc1ccc(-c2nc(-c3ccc(CC(NC=O)C(=O)O)cc3F)no2)cc1. The highest BCUT2D eigenvalue weighted by molar-refractivity contribution is 5.85. The molecule has 1 aromatic heterocycles. The minimum atomic E-state index is -1.23. The second-order valence-electron chi connectivity index (χ2n) is 8.32. The van der Waals surface area contributed by atoms with Crippen LogP contribution in [0.15, 0.2) is 47.0 Å². The maximum atomic E-state index is 14.7. The molecule has 3 aromatic rings. The summed E-state index contributed by atoms with van der Waals surface area (Å²) in [5.41, 5.74) is 0.872. The number of amides is 2. The third-order valence-electron chi connectivity index (χ3n) is 4.48. The number of ether oxygens (including phenoxy) is 1. The van der Waals surface area contributed by atoms with E-state index in [-0.39, 0.29) is 30.1 Å². The van der Waals surface area contributed by atoms with Crippen LogP contribution in [0.5, 0.6) is 0 Å². The Hall–Kier alpha value is -4.28. The number of hydrogen-bond acceptors (Lipinski definition) is 7. The van der Waals surface area contributed by atoms with Crippen LogP contribution in [-0.2, 0) is 20.7 Å². The fourth-order valence-corrected chi connectivity index (χ4v) is 2.97. The van der Waals surface area contributed by atoms with Crippen molar-refractivity contribution in [1.82, 2.24) is 15.5 Å². The van der Waals surface area contributed by atoms with E-state index in [1.165, 1.54) is 12.1 Å². The second-order valence-corrected chi connectivity index (χ2v) is 8.32. The molecule has 0 saturated carbocycles. The van der Waals surface area contributed by atoms with E-state index in [9.17, 15) is 18.8 Å². The zero-order chi connectivity index (χ0) is 24.9. The summed E-state index contributed by atoms with van der Waals surface area (Å²) < 4.78 is 25.1. The molecule has 0 radical (unpaired) electrons. The summed E-state index contributed by atoms with van der Waals surface area (Å²) in [5.74, 6) is -1.75. The summed E-state index contributed by atoms with van der Waals surface area (Å²) in [6.45, 7) is 5.28. The van der Waals surface area contributed by atoms with Crippen LogP contribution in [0.25, 0.3) is 22.8 Å². The number of carboxylic acids is 1. The molecule has 10 nitrogen and oxygen atoms in total. The summed E-state index contributed by atoms with van der Waals surface area (Å²) in [6, 6.07) is 9.47. The van der Waals surface area contributed by atoms with Gasteiger partial charge in [-0.25, -0.2) is 14.0 Å². The van der Waals surface area contributed by atoms with Crippen LogP contribution in [0.3, 0.4) is 0 Å². The molecule has 0 bridgehead atoms. The van der Waals surface area contributed by atoms with Gasteiger partial charge in [0.15, 0.2) is 0 Å². The van der Waals surface area contributed by atoms with Gasteiger partial charge in [0.2, 0.25) is 12.2 Å². The number of rotatable bonds is 8. The average Bonchev–Trinajstić information content (AvgIpc) is 3.22. The smallest absolute Gasteiger partial charge is 0.412 e. The molecule has 1 unspecified atom stereocenters. The summed E-state index contributed by atoms with van der Waals surface area (Å²) in [5, 5.41) is 17.7. The molecule has 2 amide bonds. The van der Waals surface area contributed by atoms with Crippen molar-refractivity contribution in [3.05, 3.63) is 53.8 Å². The first-order valence-corrected chi connectivity index (χ1v) is 10.2. The lowest BCUT2D eigenvalue weighted by atomic mass is 10.0. The van der Waals surface area contributed by atoms with E-state index in [1.54, 1.807) is 45.0 Å². The quantitative estimate of drug-likeness (QED) is 0.424. The summed E-state index contributed by atoms with van der Waals surface area (Å²) >= 11 is 0. The molecular weight excluding hydrogens is 447 g/mol. The van der Waals surface area contributed by atoms with E-state index in [0.717, 1.165) is 6.07 Å². The highest BCUT2D eigenvalue weighted by Crippen LogP contribution is 2.26. The highest BCUT2D eigenvalue weighted by atomic mass is 19.1. The third-order valence-corrected chi connectivity index (χ3v) is 4.48. The molecule has 34 heavy (non-hydrogen) atoms. The van der Waals surface area contributed by atoms with Crippen molar-refractivity contribution in [3.63, 3.8) is 0 Å². The maximum Gasteiger partial charge on any atom is 0.412 e. The van der Waals surface area contributed by atoms with Crippen molar-refractivity contribution in [2.24, 2.45) is 0 Å². The number of carbonyl (C=O) groups is 3. The third kappa shape index (κ3) is 6.37. The van der Waals surface area contributed by atoms with Crippen LogP contribution in [0.2, 0.25) is 0 Å². The van der Waals surface area contributed by atoms with Gasteiger partial charge in [-0.3, -0.25) is 10.1 Å². The molecule has 11 heteroatoms. The standard InChI is InChI=1S/C23H23FN4O6/c1-23(2,3)33-22(32)26-15-7-5-14(6-8-15)20-27-19(28-34-20)16-9-4-13(10-17(16)24)11-18(21(30)31)25-12-29/h4-10,12,18H,11H2,1-3H3,(H,25,29)(H,26,32)(H,30,31). The lowest BCUT2D eigenvalue weighted by Crippen LogP contribution is -2.37. The predicted molar refractivity (Wildman–Crippen MR) is 119 cm³/mol.